The van der Waals surface area contributed by atoms with Gasteiger partial charge in [0.1, 0.15) is 0 Å². The predicted molar refractivity (Wildman–Crippen MR) is 86.6 cm³/mol. The Morgan fingerprint density at radius 2 is 1.04 bits per heavy atom. The van der Waals surface area contributed by atoms with Crippen molar-refractivity contribution in [3.05, 3.63) is 0 Å². The lowest BCUT2D eigenvalue weighted by atomic mass is 10.1. The summed E-state index contributed by atoms with van der Waals surface area (Å²) in [5.41, 5.74) is 0. The van der Waals surface area contributed by atoms with Crippen LogP contribution in [0.2, 0.25) is 0 Å². The second-order valence-corrected chi connectivity index (χ2v) is 5.53. The Hall–Kier alpha value is -0.280. The van der Waals surface area contributed by atoms with Gasteiger partial charge in [0.05, 0.1) is 78.8 Å². The van der Waals surface area contributed by atoms with Crippen LogP contribution in [0.25, 0.3) is 0 Å². The summed E-state index contributed by atoms with van der Waals surface area (Å²) in [6, 6.07) is 0. The highest BCUT2D eigenvalue weighted by Gasteiger charge is 2.06. The van der Waals surface area contributed by atoms with Crippen LogP contribution in [-0.4, -0.2) is 89.0 Å². The second kappa shape index (κ2) is 18.1. The van der Waals surface area contributed by atoms with Crippen LogP contribution in [0.1, 0.15) is 20.3 Å². The molecule has 1 unspecified atom stereocenters. The molecule has 0 amide bonds. The summed E-state index contributed by atoms with van der Waals surface area (Å²) in [6.07, 6.45) is 0.358. The van der Waals surface area contributed by atoms with Gasteiger partial charge in [-0.15, -0.1) is 0 Å². The molecule has 0 heterocycles. The van der Waals surface area contributed by atoms with E-state index in [1.54, 1.807) is 0 Å². The molecule has 0 saturated carbocycles. The van der Waals surface area contributed by atoms with Gasteiger partial charge in [-0.1, -0.05) is 13.8 Å². The van der Waals surface area contributed by atoms with E-state index >= 15 is 0 Å². The minimum absolute atomic E-state index is 0.0344. The number of aliphatic hydroxyl groups excluding tert-OH is 2. The van der Waals surface area contributed by atoms with E-state index in [1.165, 1.54) is 0 Å². The zero-order valence-electron chi connectivity index (χ0n) is 14.6. The summed E-state index contributed by atoms with van der Waals surface area (Å²) in [5.74, 6) is 0.471. The molecule has 0 spiro atoms. The molecular formula is C16H34O7. The van der Waals surface area contributed by atoms with Crippen LogP contribution in [-0.2, 0) is 23.7 Å². The highest BCUT2D eigenvalue weighted by Crippen LogP contribution is 2.04. The van der Waals surface area contributed by atoms with Crippen LogP contribution in [0.3, 0.4) is 0 Å². The van der Waals surface area contributed by atoms with Crippen molar-refractivity contribution in [2.24, 2.45) is 5.92 Å². The van der Waals surface area contributed by atoms with Crippen LogP contribution in [0, 0.1) is 5.92 Å². The summed E-state index contributed by atoms with van der Waals surface area (Å²) >= 11 is 0. The molecule has 0 aliphatic heterocycles. The second-order valence-electron chi connectivity index (χ2n) is 5.53. The first-order chi connectivity index (χ1) is 11.2. The lowest BCUT2D eigenvalue weighted by molar-refractivity contribution is -0.0240. The lowest BCUT2D eigenvalue weighted by Gasteiger charge is -2.13. The fourth-order valence-electron chi connectivity index (χ4n) is 1.78. The van der Waals surface area contributed by atoms with Gasteiger partial charge in [-0.25, -0.2) is 0 Å². The molecule has 0 aromatic carbocycles. The highest BCUT2D eigenvalue weighted by atomic mass is 16.6. The van der Waals surface area contributed by atoms with Crippen LogP contribution in [0.4, 0.5) is 0 Å². The fraction of sp³-hybridized carbons (Fsp3) is 1.00. The molecule has 0 aliphatic carbocycles. The number of ether oxygens (including phenoxy) is 5. The van der Waals surface area contributed by atoms with E-state index in [1.807, 2.05) is 0 Å². The predicted octanol–water partition coefficient (Wildman–Crippen LogP) is 0.469. The summed E-state index contributed by atoms with van der Waals surface area (Å²) in [4.78, 5) is 0. The molecule has 0 aromatic heterocycles. The van der Waals surface area contributed by atoms with Crippen molar-refractivity contribution in [2.75, 3.05) is 72.7 Å². The summed E-state index contributed by atoms with van der Waals surface area (Å²) < 4.78 is 26.3. The van der Waals surface area contributed by atoms with Gasteiger partial charge in [0.25, 0.3) is 0 Å². The van der Waals surface area contributed by atoms with Gasteiger partial charge in [0.15, 0.2) is 0 Å². The average molecular weight is 338 g/mol. The molecule has 7 nitrogen and oxygen atoms in total. The monoisotopic (exact) mass is 338 g/mol. The Kier molecular flexibility index (Phi) is 17.8. The Bertz CT molecular complexity index is 226. The summed E-state index contributed by atoms with van der Waals surface area (Å²) in [7, 11) is 0. The minimum atomic E-state index is -0.396. The number of aliphatic hydroxyl groups is 2. The highest BCUT2D eigenvalue weighted by molar-refractivity contribution is 4.56. The zero-order valence-corrected chi connectivity index (χ0v) is 14.6. The molecule has 0 saturated heterocycles. The maximum atomic E-state index is 9.61. The standard InChI is InChI=1S/C16H34O7/c1-15(2)13-16(18)14-23-12-11-22-10-9-21-8-7-20-6-5-19-4-3-17/h15-18H,3-14H2,1-2H3. The van der Waals surface area contributed by atoms with Gasteiger partial charge in [-0.05, 0) is 12.3 Å². The smallest absolute Gasteiger partial charge is 0.0776 e. The lowest BCUT2D eigenvalue weighted by Crippen LogP contribution is -2.19. The number of hydrogen-bond acceptors (Lipinski definition) is 7. The third-order valence-corrected chi connectivity index (χ3v) is 2.78. The Morgan fingerprint density at radius 3 is 1.43 bits per heavy atom. The van der Waals surface area contributed by atoms with Crippen LogP contribution < -0.4 is 0 Å². The molecule has 0 aromatic rings. The van der Waals surface area contributed by atoms with E-state index in [2.05, 4.69) is 13.8 Å². The first-order valence-electron chi connectivity index (χ1n) is 8.34. The largest absolute Gasteiger partial charge is 0.394 e. The van der Waals surface area contributed by atoms with E-state index < -0.39 is 6.10 Å². The zero-order chi connectivity index (χ0) is 17.2. The van der Waals surface area contributed by atoms with Gasteiger partial charge in [-0.2, -0.15) is 0 Å². The van der Waals surface area contributed by atoms with Crippen molar-refractivity contribution >= 4 is 0 Å². The average Bonchev–Trinajstić information content (AvgIpc) is 2.50. The molecule has 7 heteroatoms. The fourth-order valence-corrected chi connectivity index (χ4v) is 1.78. The molecule has 0 fully saturated rings. The quantitative estimate of drug-likeness (QED) is 0.351. The first kappa shape index (κ1) is 22.7. The van der Waals surface area contributed by atoms with Gasteiger partial charge in [0.2, 0.25) is 0 Å². The summed E-state index contributed by atoms with van der Waals surface area (Å²) in [6.45, 7) is 8.89. The van der Waals surface area contributed by atoms with Crippen molar-refractivity contribution in [3.8, 4) is 0 Å². The van der Waals surface area contributed by atoms with Crippen molar-refractivity contribution in [2.45, 2.75) is 26.4 Å². The normalized spacial score (nSPS) is 12.9. The Balaban J connectivity index is 3.05. The molecule has 2 N–H and O–H groups in total. The minimum Gasteiger partial charge on any atom is -0.394 e. The van der Waals surface area contributed by atoms with E-state index in [4.69, 9.17) is 28.8 Å². The molecule has 1 atom stereocenters. The van der Waals surface area contributed by atoms with Gasteiger partial charge in [0, 0.05) is 0 Å². The van der Waals surface area contributed by atoms with Gasteiger partial charge < -0.3 is 33.9 Å². The van der Waals surface area contributed by atoms with Crippen LogP contribution in [0.5, 0.6) is 0 Å². The Morgan fingerprint density at radius 1 is 0.652 bits per heavy atom. The molecule has 0 aliphatic rings. The molecule has 0 rings (SSSR count). The maximum absolute atomic E-state index is 9.61. The SMILES string of the molecule is CC(C)CC(O)COCCOCCOCCOCCOCCO. The number of rotatable bonds is 18. The topological polar surface area (TPSA) is 86.6 Å². The number of hydrogen-bond donors (Lipinski definition) is 2. The molecule has 140 valence electrons. The van der Waals surface area contributed by atoms with E-state index in [9.17, 15) is 5.11 Å². The van der Waals surface area contributed by atoms with E-state index in [-0.39, 0.29) is 6.61 Å². The van der Waals surface area contributed by atoms with Gasteiger partial charge >= 0.3 is 0 Å². The molecule has 0 bridgehead atoms. The maximum Gasteiger partial charge on any atom is 0.0776 e. The third-order valence-electron chi connectivity index (χ3n) is 2.78. The molecular weight excluding hydrogens is 304 g/mol. The van der Waals surface area contributed by atoms with Crippen LogP contribution in [0.15, 0.2) is 0 Å². The third kappa shape index (κ3) is 19.7. The van der Waals surface area contributed by atoms with Crippen molar-refractivity contribution in [1.29, 1.82) is 0 Å². The Labute approximate surface area is 139 Å². The van der Waals surface area contributed by atoms with E-state index in [0.717, 1.165) is 6.42 Å². The van der Waals surface area contributed by atoms with E-state index in [0.29, 0.717) is 72.0 Å². The molecule has 0 radical (unpaired) electrons. The van der Waals surface area contributed by atoms with Crippen LogP contribution >= 0.6 is 0 Å². The first-order valence-corrected chi connectivity index (χ1v) is 8.34. The van der Waals surface area contributed by atoms with Crippen molar-refractivity contribution in [1.82, 2.24) is 0 Å². The summed E-state index contributed by atoms with van der Waals surface area (Å²) in [5, 5.41) is 18.1. The van der Waals surface area contributed by atoms with Gasteiger partial charge in [-0.3, -0.25) is 0 Å². The molecule has 23 heavy (non-hydrogen) atoms. The van der Waals surface area contributed by atoms with Crippen molar-refractivity contribution in [3.63, 3.8) is 0 Å². The van der Waals surface area contributed by atoms with Crippen molar-refractivity contribution < 1.29 is 33.9 Å².